The fourth-order valence-corrected chi connectivity index (χ4v) is 11.2. The first-order valence-corrected chi connectivity index (χ1v) is 35.4. The van der Waals surface area contributed by atoms with Crippen molar-refractivity contribution in [1.29, 1.82) is 0 Å². The van der Waals surface area contributed by atoms with E-state index in [1.807, 2.05) is 0 Å². The predicted molar refractivity (Wildman–Crippen MR) is 357 cm³/mol. The second-order valence-electron chi connectivity index (χ2n) is 25.2. The maximum absolute atomic E-state index is 14.5. The number of hydrogen-bond acceptors (Lipinski definition) is 31. The van der Waals surface area contributed by atoms with Gasteiger partial charge in [0.2, 0.25) is 35.4 Å². The van der Waals surface area contributed by atoms with Crippen LogP contribution in [-0.4, -0.2) is 341 Å². The van der Waals surface area contributed by atoms with Crippen LogP contribution in [0.3, 0.4) is 0 Å². The molecule has 5 rings (SSSR count). The van der Waals surface area contributed by atoms with Gasteiger partial charge in [0, 0.05) is 45.6 Å². The first kappa shape index (κ1) is 88.0. The van der Waals surface area contributed by atoms with Crippen LogP contribution >= 0.6 is 7.60 Å². The molecule has 3 aliphatic heterocycles. The lowest BCUT2D eigenvalue weighted by Crippen LogP contribution is -2.64. The third-order valence-corrected chi connectivity index (χ3v) is 18.2. The van der Waals surface area contributed by atoms with Crippen molar-refractivity contribution in [2.75, 3.05) is 152 Å². The summed E-state index contributed by atoms with van der Waals surface area (Å²) in [6.45, 7) is 5.68. The van der Waals surface area contributed by atoms with Crippen LogP contribution in [0.1, 0.15) is 47.1 Å². The van der Waals surface area contributed by atoms with E-state index in [9.17, 15) is 84.2 Å². The van der Waals surface area contributed by atoms with E-state index in [1.54, 1.807) is 36.4 Å². The second-order valence-corrected chi connectivity index (χ2v) is 27.7. The summed E-state index contributed by atoms with van der Waals surface area (Å²) in [4.78, 5) is 91.8. The molecule has 17 atom stereocenters. The average molecular weight is 1500 g/mol. The molecular formula is C65H105N7O30P-. The van der Waals surface area contributed by atoms with Crippen molar-refractivity contribution in [3.05, 3.63) is 54.1 Å². The molecule has 2 aromatic rings. The molecule has 103 heavy (non-hydrogen) atoms. The molecule has 0 saturated carbocycles. The van der Waals surface area contributed by atoms with Crippen LogP contribution in [0, 0.1) is 0 Å². The Balaban J connectivity index is 1.20. The third kappa shape index (κ3) is 29.9. The van der Waals surface area contributed by atoms with Gasteiger partial charge in [-0.3, -0.25) is 38.2 Å². The van der Waals surface area contributed by atoms with Gasteiger partial charge >= 0.3 is 0 Å². The summed E-state index contributed by atoms with van der Waals surface area (Å²) < 4.78 is 85.6. The second kappa shape index (κ2) is 45.8. The van der Waals surface area contributed by atoms with Gasteiger partial charge in [0.25, 0.3) is 0 Å². The fourth-order valence-electron chi connectivity index (χ4n) is 10.5. The minimum atomic E-state index is -4.28. The topological polar surface area (TPSA) is 520 Å². The largest absolute Gasteiger partial charge is 0.769 e. The zero-order valence-electron chi connectivity index (χ0n) is 58.8. The molecule has 3 saturated heterocycles. The normalized spacial score (nSPS) is 26.0. The van der Waals surface area contributed by atoms with Crippen molar-refractivity contribution >= 4 is 43.0 Å². The molecule has 0 aromatic heterocycles. The predicted octanol–water partition coefficient (Wildman–Crippen LogP) is -6.37. The number of nitrogens with one attached hydrogen (secondary N) is 6. The van der Waals surface area contributed by atoms with E-state index in [-0.39, 0.29) is 131 Å². The molecule has 3 heterocycles. The molecule has 37 nitrogen and oxygen atoms in total. The highest BCUT2D eigenvalue weighted by Crippen LogP contribution is 2.51. The van der Waals surface area contributed by atoms with E-state index in [2.05, 4.69) is 31.9 Å². The zero-order chi connectivity index (χ0) is 75.7. The van der Waals surface area contributed by atoms with E-state index in [1.165, 1.54) is 58.6 Å². The number of aliphatic hydroxyl groups is 9. The molecule has 17 unspecified atom stereocenters. The van der Waals surface area contributed by atoms with Gasteiger partial charge in [0.1, 0.15) is 78.8 Å². The zero-order valence-corrected chi connectivity index (χ0v) is 59.7. The number of rotatable bonds is 47. The lowest BCUT2D eigenvalue weighted by molar-refractivity contribution is -0.272. The van der Waals surface area contributed by atoms with Crippen molar-refractivity contribution in [2.24, 2.45) is 0 Å². The summed E-state index contributed by atoms with van der Waals surface area (Å²) in [6.07, 6.45) is -16.1. The van der Waals surface area contributed by atoms with Crippen molar-refractivity contribution in [3.8, 4) is 16.9 Å². The molecule has 3 aliphatic rings. The van der Waals surface area contributed by atoms with Crippen molar-refractivity contribution in [2.45, 2.75) is 151 Å². The Morgan fingerprint density at radius 2 is 0.786 bits per heavy atom. The highest BCUT2D eigenvalue weighted by Gasteiger charge is 2.48. The molecule has 15 N–H and O–H groups in total. The summed E-state index contributed by atoms with van der Waals surface area (Å²) >= 11 is 0. The van der Waals surface area contributed by atoms with E-state index in [4.69, 9.17) is 61.4 Å². The molecule has 3 fully saturated rings. The van der Waals surface area contributed by atoms with Crippen LogP contribution in [0.15, 0.2) is 48.5 Å². The van der Waals surface area contributed by atoms with Gasteiger partial charge in [-0.2, -0.15) is 0 Å². The Kier molecular flexibility index (Phi) is 39.1. The minimum Gasteiger partial charge on any atom is -0.769 e. The molecule has 0 aliphatic carbocycles. The number of benzene rings is 2. The van der Waals surface area contributed by atoms with Gasteiger partial charge in [-0.1, -0.05) is 57.2 Å². The molecule has 6 amide bonds. The number of hydrogen-bond donors (Lipinski definition) is 15. The third-order valence-electron chi connectivity index (χ3n) is 16.1. The highest BCUT2D eigenvalue weighted by molar-refractivity contribution is 7.53. The van der Waals surface area contributed by atoms with Crippen LogP contribution in [0.25, 0.3) is 11.1 Å². The fraction of sp³-hybridized carbons (Fsp3) is 0.723. The quantitative estimate of drug-likeness (QED) is 0.0216. The summed E-state index contributed by atoms with van der Waals surface area (Å²) in [5.41, 5.74) is 2.06. The maximum Gasteiger partial charge on any atom is 0.237 e. The van der Waals surface area contributed by atoms with Crippen molar-refractivity contribution in [3.63, 3.8) is 0 Å². The summed E-state index contributed by atoms with van der Waals surface area (Å²) in [5, 5.41) is 106. The molecule has 0 radical (unpaired) electrons. The Morgan fingerprint density at radius 3 is 1.11 bits per heavy atom. The monoisotopic (exact) mass is 1490 g/mol. The summed E-state index contributed by atoms with van der Waals surface area (Å²) in [6, 6.07) is 8.99. The maximum atomic E-state index is 14.5. The SMILES string of the molecule is CC(=O)NC1C(OCCOCCOCCNC(=O)CN(CC(=O)NCCOCCOCCOC2OC(CO)C(O)C(O)C2NC(C)=O)C(Cc2ccc(-c3ccc(OP(=O)([O-])C(C)(C)C)cc3)cc2)C(=O)NCCOCCOCCOC2OC(CO)C(O)C(O)C2NC(C)=O)OC(CO)C(O)C1O. The van der Waals surface area contributed by atoms with E-state index in [0.717, 1.165) is 5.56 Å². The van der Waals surface area contributed by atoms with Crippen LogP contribution < -0.4 is 41.3 Å². The van der Waals surface area contributed by atoms with Gasteiger partial charge in [-0.15, -0.1) is 0 Å². The van der Waals surface area contributed by atoms with Crippen LogP contribution in [0.2, 0.25) is 0 Å². The summed E-state index contributed by atoms with van der Waals surface area (Å²) in [5.74, 6) is -3.15. The lowest BCUT2D eigenvalue weighted by Gasteiger charge is -2.42. The first-order chi connectivity index (χ1) is 49.1. The van der Waals surface area contributed by atoms with Crippen LogP contribution in [0.5, 0.6) is 5.75 Å². The Morgan fingerprint density at radius 1 is 0.476 bits per heavy atom. The highest BCUT2D eigenvalue weighted by atomic mass is 31.2. The van der Waals surface area contributed by atoms with E-state index < -0.39 is 179 Å². The van der Waals surface area contributed by atoms with Gasteiger partial charge in [-0.25, -0.2) is 0 Å². The number of amides is 6. The molecule has 2 aromatic carbocycles. The van der Waals surface area contributed by atoms with Crippen molar-refractivity contribution in [1.82, 2.24) is 36.8 Å². The average Bonchev–Trinajstić information content (AvgIpc) is 0.838. The molecule has 0 bridgehead atoms. The Bertz CT molecular complexity index is 2810. The standard InChI is InChI=1S/C65H106N7O30P/c1-39(76)69-52-58(84)55(81)47(36-73)99-62(52)96-30-27-93-24-21-90-18-15-66-50(79)34-72(35-51(80)67-16-19-91-22-25-94-28-31-97-63-53(70-40(2)77)59(85)56(82)48(37-74)100-63)46(33-42-7-9-43(10-8-42)44-11-13-45(14-12-44)102-103(88,89)65(4,5)6)61(87)68-17-20-92-23-26-95-29-32-98-64-54(71-41(3)78)60(86)57(83)49(38-75)101-64/h7-14,46-49,52-60,62-64,73-75,81-86H,15-38H2,1-6H3,(H,66,79)(H,67,80)(H,68,87)(H,69,76)(H,70,77)(H,71,78)(H,88,89)/p-1. The number of carbonyl (C=O) groups is 6. The number of carbonyl (C=O) groups excluding carboxylic acids is 6. The summed E-state index contributed by atoms with van der Waals surface area (Å²) in [7, 11) is -4.28. The number of nitrogens with zero attached hydrogens (tertiary/aromatic N) is 1. The van der Waals surface area contributed by atoms with Crippen molar-refractivity contribution < 1.29 is 146 Å². The Hall–Kier alpha value is -5.63. The van der Waals surface area contributed by atoms with Gasteiger partial charge < -0.3 is 144 Å². The molecule has 0 spiro atoms. The lowest BCUT2D eigenvalue weighted by atomic mass is 9.97. The van der Waals surface area contributed by atoms with Gasteiger partial charge in [0.05, 0.1) is 138 Å². The van der Waals surface area contributed by atoms with Crippen LogP contribution in [0.4, 0.5) is 0 Å². The molecule has 586 valence electrons. The Labute approximate surface area is 597 Å². The minimum absolute atomic E-state index is 0.00546. The molecular weight excluding hydrogens is 1390 g/mol. The smallest absolute Gasteiger partial charge is 0.237 e. The van der Waals surface area contributed by atoms with Gasteiger partial charge in [0.15, 0.2) is 26.5 Å². The van der Waals surface area contributed by atoms with Gasteiger partial charge in [-0.05, 0) is 35.2 Å². The van der Waals surface area contributed by atoms with E-state index in [0.29, 0.717) is 11.1 Å². The van der Waals surface area contributed by atoms with Crippen LogP contribution in [-0.2, 0) is 96.6 Å². The first-order valence-electron chi connectivity index (χ1n) is 33.8. The number of ether oxygens (including phenoxy) is 12. The number of aliphatic hydroxyl groups excluding tert-OH is 9. The van der Waals surface area contributed by atoms with E-state index >= 15 is 0 Å². The molecule has 38 heteroatoms.